The molecule has 2 aromatic heterocycles. The van der Waals surface area contributed by atoms with E-state index in [1.54, 1.807) is 12.4 Å². The van der Waals surface area contributed by atoms with Crippen LogP contribution >= 0.6 is 0 Å². The molecule has 11 heteroatoms. The Morgan fingerprint density at radius 2 is 2.22 bits per heavy atom. The topological polar surface area (TPSA) is 116 Å². The first-order valence-corrected chi connectivity index (χ1v) is 8.77. The molecule has 4 rings (SSSR count). The minimum absolute atomic E-state index is 0.0453. The molecule has 0 amide bonds. The fourth-order valence-electron chi connectivity index (χ4n) is 3.20. The summed E-state index contributed by atoms with van der Waals surface area (Å²) in [6.45, 7) is 2.47. The normalized spacial score (nSPS) is 21.9. The highest BCUT2D eigenvalue weighted by atomic mass is 15.9. The van der Waals surface area contributed by atoms with E-state index in [0.717, 1.165) is 31.0 Å². The van der Waals surface area contributed by atoms with Crippen LogP contribution in [0, 0.1) is 11.3 Å². The molecule has 4 heterocycles. The van der Waals surface area contributed by atoms with Crippen LogP contribution in [0.1, 0.15) is 11.7 Å². The summed E-state index contributed by atoms with van der Waals surface area (Å²) in [6.07, 6.45) is 3.32. The van der Waals surface area contributed by atoms with Gasteiger partial charge in [0.15, 0.2) is 5.56 Å². The average Bonchev–Trinajstić information content (AvgIpc) is 3.12. The largest absolute Gasteiger partial charge is 0.435 e. The number of pyridine rings is 1. The number of quaternary nitrogens is 1. The predicted octanol–water partition coefficient (Wildman–Crippen LogP) is -1.09. The summed E-state index contributed by atoms with van der Waals surface area (Å²) >= 11 is 0. The van der Waals surface area contributed by atoms with Crippen molar-refractivity contribution in [3.63, 3.8) is 0 Å². The second kappa shape index (κ2) is 7.01. The van der Waals surface area contributed by atoms with Gasteiger partial charge in [-0.3, -0.25) is 10.3 Å². The van der Waals surface area contributed by atoms with Crippen molar-refractivity contribution in [3.8, 4) is 6.07 Å². The van der Waals surface area contributed by atoms with Gasteiger partial charge in [-0.05, 0) is 6.07 Å². The first-order chi connectivity index (χ1) is 13.1. The molecule has 0 aliphatic carbocycles. The van der Waals surface area contributed by atoms with Gasteiger partial charge in [-0.2, -0.15) is 15.0 Å². The van der Waals surface area contributed by atoms with Gasteiger partial charge in [0.25, 0.3) is 5.82 Å². The van der Waals surface area contributed by atoms with Gasteiger partial charge in [-0.15, -0.1) is 5.12 Å². The number of nitrogens with zero attached hydrogens (tertiary/aromatic N) is 7. The molecule has 0 radical (unpaired) electrons. The number of anilines is 2. The number of nitriles is 1. The molecule has 2 aliphatic heterocycles. The Balaban J connectivity index is 1.69. The minimum atomic E-state index is -0.0453. The predicted molar refractivity (Wildman–Crippen MR) is 101 cm³/mol. The van der Waals surface area contributed by atoms with Crippen molar-refractivity contribution in [1.29, 1.82) is 5.26 Å². The zero-order chi connectivity index (χ0) is 19.0. The van der Waals surface area contributed by atoms with Crippen molar-refractivity contribution >= 4 is 23.0 Å². The molecule has 142 valence electrons. The molecule has 4 N–H and O–H groups in total. The van der Waals surface area contributed by atoms with Crippen LogP contribution < -0.4 is 31.2 Å². The Hall–Kier alpha value is -2.91. The number of hydrogen-bond donors (Lipinski definition) is 4. The second-order valence-corrected chi connectivity index (χ2v) is 6.70. The summed E-state index contributed by atoms with van der Waals surface area (Å²) in [6, 6.07) is 4.24. The molecule has 0 aromatic carbocycles. The molecule has 2 aromatic rings. The van der Waals surface area contributed by atoms with E-state index in [1.165, 1.54) is 0 Å². The van der Waals surface area contributed by atoms with E-state index in [9.17, 15) is 5.26 Å². The highest BCUT2D eigenvalue weighted by molar-refractivity contribution is 5.72. The highest BCUT2D eigenvalue weighted by Gasteiger charge is 2.31. The number of hydrogen-bond acceptors (Lipinski definition) is 8. The van der Waals surface area contributed by atoms with Gasteiger partial charge in [0.1, 0.15) is 12.2 Å². The third-order valence-electron chi connectivity index (χ3n) is 4.66. The van der Waals surface area contributed by atoms with Crippen LogP contribution in [0.2, 0.25) is 0 Å². The van der Waals surface area contributed by atoms with E-state index in [-0.39, 0.29) is 6.17 Å². The van der Waals surface area contributed by atoms with E-state index < -0.39 is 0 Å². The minimum Gasteiger partial charge on any atom is -0.435 e. The number of rotatable bonds is 3. The first kappa shape index (κ1) is 17.5. The van der Waals surface area contributed by atoms with Crippen LogP contribution in [0.25, 0.3) is 5.43 Å². The third kappa shape index (κ3) is 3.15. The Kier molecular flexibility index (Phi) is 4.54. The van der Waals surface area contributed by atoms with Gasteiger partial charge in [0.05, 0.1) is 11.9 Å². The van der Waals surface area contributed by atoms with Crippen molar-refractivity contribution in [3.05, 3.63) is 29.4 Å². The zero-order valence-corrected chi connectivity index (χ0v) is 15.6. The van der Waals surface area contributed by atoms with Gasteiger partial charge >= 0.3 is 0 Å². The third-order valence-corrected chi connectivity index (χ3v) is 4.66. The molecular formula is C16H23N11. The maximum Gasteiger partial charge on any atom is 0.275 e. The highest BCUT2D eigenvalue weighted by Crippen LogP contribution is 2.32. The summed E-state index contributed by atoms with van der Waals surface area (Å²) in [4.78, 5) is 6.49. The summed E-state index contributed by atoms with van der Waals surface area (Å²) in [7, 11) is 5.84. The smallest absolute Gasteiger partial charge is 0.275 e. The summed E-state index contributed by atoms with van der Waals surface area (Å²) in [5, 5.41) is 23.2. The number of fused-ring (bicyclic) bond motifs is 1. The van der Waals surface area contributed by atoms with Crippen molar-refractivity contribution in [2.45, 2.75) is 6.17 Å². The first-order valence-electron chi connectivity index (χ1n) is 8.77. The van der Waals surface area contributed by atoms with Gasteiger partial charge in [0, 0.05) is 52.3 Å². The fourth-order valence-corrected chi connectivity index (χ4v) is 3.20. The van der Waals surface area contributed by atoms with Gasteiger partial charge in [0.2, 0.25) is 0 Å². The molecular weight excluding hydrogens is 346 g/mol. The van der Waals surface area contributed by atoms with Crippen LogP contribution in [-0.4, -0.2) is 55.5 Å². The summed E-state index contributed by atoms with van der Waals surface area (Å²) < 4.78 is 1.81. The van der Waals surface area contributed by atoms with E-state index in [0.29, 0.717) is 22.3 Å². The van der Waals surface area contributed by atoms with Crippen LogP contribution in [-0.2, 0) is 0 Å². The van der Waals surface area contributed by atoms with Crippen molar-refractivity contribution in [2.75, 3.05) is 50.7 Å². The average molecular weight is 369 g/mol. The number of nitrogens with one attached hydrogen (secondary N) is 4. The molecule has 2 unspecified atom stereocenters. The quantitative estimate of drug-likeness (QED) is 0.540. The van der Waals surface area contributed by atoms with Crippen LogP contribution in [0.4, 0.5) is 23.0 Å². The Morgan fingerprint density at radius 1 is 1.37 bits per heavy atom. The van der Waals surface area contributed by atoms with Gasteiger partial charge in [-0.25, -0.2) is 5.43 Å². The van der Waals surface area contributed by atoms with Gasteiger partial charge in [-0.1, -0.05) is 11.7 Å². The van der Waals surface area contributed by atoms with Gasteiger partial charge < -0.3 is 15.2 Å². The van der Waals surface area contributed by atoms with Crippen LogP contribution in [0.15, 0.2) is 18.5 Å². The standard InChI is InChI=1S/C16H23N11/c1-24(2)12-6-13-15(20-9-12)22-27(23-25(13)3)16-11(7-17)8-21-26(16)14-10-18-4-5-19-14/h6,8-9,14,18-19,23,27H,4-5,10H2,1-3H3. The Bertz CT molecular complexity index is 862. The molecule has 27 heavy (non-hydrogen) atoms. The van der Waals surface area contributed by atoms with E-state index in [2.05, 4.69) is 37.7 Å². The van der Waals surface area contributed by atoms with Crippen molar-refractivity contribution in [2.24, 2.45) is 0 Å². The lowest BCUT2D eigenvalue weighted by Gasteiger charge is -2.38. The van der Waals surface area contributed by atoms with Crippen LogP contribution in [0.5, 0.6) is 0 Å². The molecule has 0 saturated carbocycles. The van der Waals surface area contributed by atoms with E-state index in [1.807, 2.05) is 41.8 Å². The fraction of sp³-hybridized carbons (Fsp3) is 0.438. The molecule has 0 bridgehead atoms. The molecule has 2 atom stereocenters. The number of aromatic nitrogens is 3. The summed E-state index contributed by atoms with van der Waals surface area (Å²) in [5.41, 5.74) is 10.3. The molecule has 1 fully saturated rings. The maximum absolute atomic E-state index is 9.56. The lowest BCUT2D eigenvalue weighted by molar-refractivity contribution is -0.846. The maximum atomic E-state index is 9.56. The van der Waals surface area contributed by atoms with E-state index >= 15 is 0 Å². The molecule has 2 aliphatic rings. The lowest BCUT2D eigenvalue weighted by atomic mass is 10.3. The Morgan fingerprint density at radius 3 is 2.93 bits per heavy atom. The van der Waals surface area contributed by atoms with Crippen LogP contribution in [0.3, 0.4) is 0 Å². The Labute approximate surface area is 157 Å². The van der Waals surface area contributed by atoms with Crippen molar-refractivity contribution < 1.29 is 5.12 Å². The zero-order valence-electron chi connectivity index (χ0n) is 15.6. The second-order valence-electron chi connectivity index (χ2n) is 6.70. The van der Waals surface area contributed by atoms with E-state index in [4.69, 9.17) is 0 Å². The number of hydrazine groups is 1. The molecule has 1 saturated heterocycles. The lowest BCUT2D eigenvalue weighted by Crippen LogP contribution is -3.13. The number of piperazine rings is 1. The monoisotopic (exact) mass is 369 g/mol. The SMILES string of the molecule is CN(C)c1cnc2c(c1)N(C)N[NH+](c1c(C#N)cnn1C1CNCCN1)[N-]2. The molecule has 11 nitrogen and oxygen atoms in total. The molecule has 0 spiro atoms. The van der Waals surface area contributed by atoms with Crippen molar-refractivity contribution in [1.82, 2.24) is 30.9 Å². The summed E-state index contributed by atoms with van der Waals surface area (Å²) in [5.74, 6) is 1.25.